The summed E-state index contributed by atoms with van der Waals surface area (Å²) in [5, 5.41) is 3.01. The third kappa shape index (κ3) is 3.37. The van der Waals surface area contributed by atoms with Gasteiger partial charge in [-0.05, 0) is 47.5 Å². The van der Waals surface area contributed by atoms with Crippen molar-refractivity contribution in [3.05, 3.63) is 12.2 Å². The second kappa shape index (κ2) is 4.99. The van der Waals surface area contributed by atoms with Gasteiger partial charge in [0.2, 0.25) is 11.8 Å². The van der Waals surface area contributed by atoms with E-state index >= 15 is 0 Å². The molecule has 4 heteroatoms. The number of hydrogen-bond donors (Lipinski definition) is 1. The first-order valence-electron chi connectivity index (χ1n) is 6.74. The highest BCUT2D eigenvalue weighted by Gasteiger charge is 2.46. The molecule has 19 heavy (non-hydrogen) atoms. The molecule has 0 aliphatic carbocycles. The Balaban J connectivity index is 2.93. The van der Waals surface area contributed by atoms with E-state index in [-0.39, 0.29) is 28.9 Å². The molecule has 0 radical (unpaired) electrons. The second-order valence-electron chi connectivity index (χ2n) is 6.84. The van der Waals surface area contributed by atoms with Gasteiger partial charge < -0.3 is 10.2 Å². The van der Waals surface area contributed by atoms with Crippen LogP contribution in [0, 0.1) is 0 Å². The minimum atomic E-state index is -0.263. The molecular formula is C15H26N2O2. The van der Waals surface area contributed by atoms with Gasteiger partial charge in [-0.25, -0.2) is 0 Å². The zero-order chi connectivity index (χ0) is 15.0. The van der Waals surface area contributed by atoms with Crippen molar-refractivity contribution in [1.29, 1.82) is 0 Å². The van der Waals surface area contributed by atoms with E-state index in [9.17, 15) is 9.59 Å². The molecule has 0 spiro atoms. The van der Waals surface area contributed by atoms with Gasteiger partial charge in [0.05, 0.1) is 0 Å². The highest BCUT2D eigenvalue weighted by atomic mass is 16.2. The molecule has 1 rings (SSSR count). The Morgan fingerprint density at radius 1 is 1.11 bits per heavy atom. The minimum Gasteiger partial charge on any atom is -0.349 e. The lowest BCUT2D eigenvalue weighted by Crippen LogP contribution is -2.65. The number of nitrogens with one attached hydrogen (secondary N) is 1. The molecule has 0 aromatic carbocycles. The Bertz CT molecular complexity index is 392. The topological polar surface area (TPSA) is 49.4 Å². The monoisotopic (exact) mass is 266 g/mol. The quantitative estimate of drug-likeness (QED) is 0.779. The van der Waals surface area contributed by atoms with Crippen LogP contribution in [0.2, 0.25) is 0 Å². The maximum Gasteiger partial charge on any atom is 0.246 e. The van der Waals surface area contributed by atoms with Crippen molar-refractivity contribution in [1.82, 2.24) is 10.2 Å². The van der Waals surface area contributed by atoms with Gasteiger partial charge in [-0.1, -0.05) is 6.58 Å². The highest BCUT2D eigenvalue weighted by Crippen LogP contribution is 2.38. The summed E-state index contributed by atoms with van der Waals surface area (Å²) in [4.78, 5) is 25.6. The summed E-state index contributed by atoms with van der Waals surface area (Å²) in [5.74, 6) is -0.0208. The summed E-state index contributed by atoms with van der Waals surface area (Å²) in [6, 6.07) is 0.0739. The van der Waals surface area contributed by atoms with Crippen LogP contribution in [0.25, 0.3) is 0 Å². The van der Waals surface area contributed by atoms with E-state index in [1.807, 2.05) is 4.90 Å². The van der Waals surface area contributed by atoms with Gasteiger partial charge in [0.25, 0.3) is 0 Å². The first kappa shape index (κ1) is 15.7. The first-order valence-corrected chi connectivity index (χ1v) is 6.74. The number of hydrogen-bond acceptors (Lipinski definition) is 2. The van der Waals surface area contributed by atoms with Crippen molar-refractivity contribution in [2.45, 2.75) is 71.5 Å². The molecule has 1 aliphatic rings. The average molecular weight is 266 g/mol. The standard InChI is InChI=1S/C15H26N2O2/c1-10(2)13(19)16-12-8-14(4,5)17(11(3)18)15(6,7)9-12/h12H,1,8-9H2,2-7H3,(H,16,19). The lowest BCUT2D eigenvalue weighted by molar-refractivity contribution is -0.147. The first-order chi connectivity index (χ1) is 8.47. The number of carbonyl (C=O) groups is 2. The van der Waals surface area contributed by atoms with E-state index in [0.717, 1.165) is 12.8 Å². The van der Waals surface area contributed by atoms with Crippen LogP contribution >= 0.6 is 0 Å². The number of amides is 2. The zero-order valence-corrected chi connectivity index (χ0v) is 13.0. The molecule has 0 bridgehead atoms. The minimum absolute atomic E-state index is 0.0739. The average Bonchev–Trinajstić information content (AvgIpc) is 2.11. The number of carbonyl (C=O) groups excluding carboxylic acids is 2. The van der Waals surface area contributed by atoms with E-state index in [0.29, 0.717) is 5.57 Å². The summed E-state index contributed by atoms with van der Waals surface area (Å²) < 4.78 is 0. The van der Waals surface area contributed by atoms with Crippen molar-refractivity contribution in [2.24, 2.45) is 0 Å². The number of rotatable bonds is 2. The second-order valence-corrected chi connectivity index (χ2v) is 6.84. The van der Waals surface area contributed by atoms with Gasteiger partial charge in [-0.15, -0.1) is 0 Å². The molecular weight excluding hydrogens is 240 g/mol. The lowest BCUT2D eigenvalue weighted by Gasteiger charge is -2.55. The molecule has 4 nitrogen and oxygen atoms in total. The van der Waals surface area contributed by atoms with Gasteiger partial charge in [0.1, 0.15) is 0 Å². The maximum absolute atomic E-state index is 11.9. The van der Waals surface area contributed by atoms with E-state index in [1.165, 1.54) is 0 Å². The molecule has 0 unspecified atom stereocenters. The Kier molecular flexibility index (Phi) is 4.13. The van der Waals surface area contributed by atoms with E-state index in [2.05, 4.69) is 39.6 Å². The number of piperidine rings is 1. The van der Waals surface area contributed by atoms with Crippen LogP contribution in [0.15, 0.2) is 12.2 Å². The van der Waals surface area contributed by atoms with Crippen LogP contribution < -0.4 is 5.32 Å². The van der Waals surface area contributed by atoms with Gasteiger partial charge in [0.15, 0.2) is 0 Å². The molecule has 2 amide bonds. The van der Waals surface area contributed by atoms with E-state index in [1.54, 1.807) is 13.8 Å². The highest BCUT2D eigenvalue weighted by molar-refractivity contribution is 5.92. The van der Waals surface area contributed by atoms with E-state index < -0.39 is 0 Å². The van der Waals surface area contributed by atoms with Crippen LogP contribution in [0.4, 0.5) is 0 Å². The summed E-state index contributed by atoms with van der Waals surface area (Å²) >= 11 is 0. The Labute approximate surface area is 116 Å². The fourth-order valence-electron chi connectivity index (χ4n) is 3.54. The molecule has 1 fully saturated rings. The fourth-order valence-corrected chi connectivity index (χ4v) is 3.54. The predicted molar refractivity (Wildman–Crippen MR) is 76.7 cm³/mol. The molecule has 0 aromatic rings. The van der Waals surface area contributed by atoms with Gasteiger partial charge in [-0.2, -0.15) is 0 Å². The third-order valence-electron chi connectivity index (χ3n) is 3.74. The largest absolute Gasteiger partial charge is 0.349 e. The summed E-state index contributed by atoms with van der Waals surface area (Å²) in [5.41, 5.74) is -0.00842. The number of nitrogens with zero attached hydrogens (tertiary/aromatic N) is 1. The van der Waals surface area contributed by atoms with Crippen molar-refractivity contribution in [3.63, 3.8) is 0 Å². The third-order valence-corrected chi connectivity index (χ3v) is 3.74. The summed E-state index contributed by atoms with van der Waals surface area (Å²) in [7, 11) is 0. The normalized spacial score (nSPS) is 21.9. The Hall–Kier alpha value is -1.32. The van der Waals surface area contributed by atoms with Crippen molar-refractivity contribution >= 4 is 11.8 Å². The maximum atomic E-state index is 11.9. The van der Waals surface area contributed by atoms with Crippen molar-refractivity contribution < 1.29 is 9.59 Å². The lowest BCUT2D eigenvalue weighted by atomic mass is 9.77. The van der Waals surface area contributed by atoms with E-state index in [4.69, 9.17) is 0 Å². The molecule has 1 saturated heterocycles. The zero-order valence-electron chi connectivity index (χ0n) is 13.0. The van der Waals surface area contributed by atoms with Crippen molar-refractivity contribution in [2.75, 3.05) is 0 Å². The summed E-state index contributed by atoms with van der Waals surface area (Å²) in [6.07, 6.45) is 1.52. The van der Waals surface area contributed by atoms with Crippen LogP contribution in [-0.4, -0.2) is 33.8 Å². The Morgan fingerprint density at radius 2 is 1.53 bits per heavy atom. The SMILES string of the molecule is C=C(C)C(=O)NC1CC(C)(C)N(C(C)=O)C(C)(C)C1. The number of likely N-dealkylation sites (tertiary alicyclic amines) is 1. The molecule has 108 valence electrons. The predicted octanol–water partition coefficient (Wildman–Crippen LogP) is 2.25. The molecule has 0 atom stereocenters. The molecule has 0 aromatic heterocycles. The molecule has 0 saturated carbocycles. The van der Waals surface area contributed by atoms with Crippen LogP contribution in [0.5, 0.6) is 0 Å². The molecule has 1 N–H and O–H groups in total. The van der Waals surface area contributed by atoms with Crippen molar-refractivity contribution in [3.8, 4) is 0 Å². The molecule has 1 heterocycles. The molecule has 1 aliphatic heterocycles. The van der Waals surface area contributed by atoms with Gasteiger partial charge in [-0.3, -0.25) is 9.59 Å². The van der Waals surface area contributed by atoms with Crippen LogP contribution in [0.3, 0.4) is 0 Å². The Morgan fingerprint density at radius 3 is 1.84 bits per heavy atom. The van der Waals surface area contributed by atoms with Gasteiger partial charge >= 0.3 is 0 Å². The summed E-state index contributed by atoms with van der Waals surface area (Å²) in [6.45, 7) is 15.2. The fraction of sp³-hybridized carbons (Fsp3) is 0.733. The smallest absolute Gasteiger partial charge is 0.246 e. The van der Waals surface area contributed by atoms with Gasteiger partial charge in [0, 0.05) is 29.6 Å². The van der Waals surface area contributed by atoms with Crippen LogP contribution in [-0.2, 0) is 9.59 Å². The van der Waals surface area contributed by atoms with Crippen LogP contribution in [0.1, 0.15) is 54.4 Å².